The van der Waals surface area contributed by atoms with Gasteiger partial charge in [-0.15, -0.1) is 5.10 Å². The van der Waals surface area contributed by atoms with Crippen molar-refractivity contribution < 1.29 is 29.0 Å². The van der Waals surface area contributed by atoms with Gasteiger partial charge >= 0.3 is 5.97 Å². The Balaban J connectivity index is 1.42. The molecule has 3 aromatic rings. The fraction of sp³-hybridized carbons (Fsp3) is 0.483. The van der Waals surface area contributed by atoms with E-state index in [0.717, 1.165) is 5.52 Å². The average Bonchev–Trinajstić information content (AvgIpc) is 3.62. The van der Waals surface area contributed by atoms with E-state index >= 15 is 0 Å². The molecular formula is C29H33N5O6. The molecule has 2 amide bonds. The van der Waals surface area contributed by atoms with Gasteiger partial charge in [0, 0.05) is 0 Å². The zero-order valence-corrected chi connectivity index (χ0v) is 22.7. The summed E-state index contributed by atoms with van der Waals surface area (Å²) in [5.74, 6) is -3.28. The molecule has 0 radical (unpaired) electrons. The number of aliphatic hydroxyl groups excluding tert-OH is 1. The molecule has 1 aromatic heterocycles. The van der Waals surface area contributed by atoms with Crippen molar-refractivity contribution in [1.29, 1.82) is 0 Å². The molecular weight excluding hydrogens is 514 g/mol. The molecule has 3 unspecified atom stereocenters. The number of ether oxygens (including phenoxy) is 2. The number of nitrogens with zero attached hydrogens (tertiary/aromatic N) is 4. The van der Waals surface area contributed by atoms with Crippen molar-refractivity contribution in [3.05, 3.63) is 60.2 Å². The van der Waals surface area contributed by atoms with Crippen LogP contribution in [0.1, 0.15) is 38.8 Å². The van der Waals surface area contributed by atoms with Crippen molar-refractivity contribution in [2.24, 2.45) is 17.8 Å². The monoisotopic (exact) mass is 547 g/mol. The standard InChI is InChI=1S/C29H33N5O6/c1-4-39-27(38)23-22-26(37)34(21(15-35)18-10-6-5-7-11-18)24(29(22)14-17(2)28(23,3)40-29)25(36)30-16-33-20-13-9-8-12-19(20)31-32-33/h5-13,17,21-24,35H,4,14-16H2,1-3H3,(H,30,36)/t17?,21-,22+,23-,24?,28+,29?/m1/s1. The molecule has 2 bridgehead atoms. The molecule has 3 aliphatic rings. The lowest BCUT2D eigenvalue weighted by Gasteiger charge is -2.37. The van der Waals surface area contributed by atoms with Gasteiger partial charge in [-0.3, -0.25) is 14.4 Å². The maximum Gasteiger partial charge on any atom is 0.312 e. The minimum Gasteiger partial charge on any atom is -0.466 e. The first kappa shape index (κ1) is 26.4. The van der Waals surface area contributed by atoms with Gasteiger partial charge in [0.2, 0.25) is 11.8 Å². The van der Waals surface area contributed by atoms with Crippen molar-refractivity contribution >= 4 is 28.8 Å². The van der Waals surface area contributed by atoms with E-state index in [2.05, 4.69) is 15.6 Å². The molecule has 0 saturated carbocycles. The Morgan fingerprint density at radius 1 is 1.20 bits per heavy atom. The second-order valence-electron chi connectivity index (χ2n) is 11.1. The van der Waals surface area contributed by atoms with Gasteiger partial charge in [0.25, 0.3) is 0 Å². The van der Waals surface area contributed by atoms with Crippen molar-refractivity contribution in [2.75, 3.05) is 13.2 Å². The first-order valence-electron chi connectivity index (χ1n) is 13.7. The minimum absolute atomic E-state index is 0.0158. The van der Waals surface area contributed by atoms with Crippen molar-refractivity contribution in [3.8, 4) is 0 Å². The Labute approximate surface area is 231 Å². The van der Waals surface area contributed by atoms with Crippen LogP contribution in [-0.2, 0) is 30.5 Å². The van der Waals surface area contributed by atoms with Gasteiger partial charge < -0.3 is 24.8 Å². The molecule has 0 aliphatic carbocycles. The quantitative estimate of drug-likeness (QED) is 0.408. The summed E-state index contributed by atoms with van der Waals surface area (Å²) < 4.78 is 13.7. The number of fused-ring (bicyclic) bond motifs is 2. The van der Waals surface area contributed by atoms with E-state index in [4.69, 9.17) is 9.47 Å². The molecule has 210 valence electrons. The number of rotatable bonds is 8. The number of benzene rings is 2. The summed E-state index contributed by atoms with van der Waals surface area (Å²) in [5.41, 5.74) is -0.122. The summed E-state index contributed by atoms with van der Waals surface area (Å²) in [4.78, 5) is 43.3. The molecule has 1 spiro atoms. The fourth-order valence-corrected chi connectivity index (χ4v) is 7.22. The number of aromatic nitrogens is 3. The first-order valence-corrected chi connectivity index (χ1v) is 13.7. The Morgan fingerprint density at radius 3 is 2.65 bits per heavy atom. The molecule has 11 nitrogen and oxygen atoms in total. The topological polar surface area (TPSA) is 136 Å². The van der Waals surface area contributed by atoms with Gasteiger partial charge in [-0.2, -0.15) is 0 Å². The summed E-state index contributed by atoms with van der Waals surface area (Å²) in [6, 6.07) is 14.6. The van der Waals surface area contributed by atoms with Crippen LogP contribution in [0, 0.1) is 17.8 Å². The van der Waals surface area contributed by atoms with Crippen LogP contribution in [0.4, 0.5) is 0 Å². The Bertz CT molecular complexity index is 1460. The van der Waals surface area contributed by atoms with E-state index in [9.17, 15) is 19.5 Å². The minimum atomic E-state index is -1.26. The van der Waals surface area contributed by atoms with Crippen LogP contribution in [0.3, 0.4) is 0 Å². The third kappa shape index (κ3) is 3.67. The van der Waals surface area contributed by atoms with Gasteiger partial charge in [-0.25, -0.2) is 4.68 Å². The van der Waals surface area contributed by atoms with Gasteiger partial charge in [-0.1, -0.05) is 54.6 Å². The summed E-state index contributed by atoms with van der Waals surface area (Å²) in [7, 11) is 0. The molecule has 4 heterocycles. The number of likely N-dealkylation sites (tertiary alicyclic amines) is 1. The van der Waals surface area contributed by atoms with E-state index in [1.165, 1.54) is 4.90 Å². The van der Waals surface area contributed by atoms with Crippen LogP contribution in [-0.4, -0.2) is 73.2 Å². The predicted molar refractivity (Wildman–Crippen MR) is 142 cm³/mol. The largest absolute Gasteiger partial charge is 0.466 e. The molecule has 2 N–H and O–H groups in total. The fourth-order valence-electron chi connectivity index (χ4n) is 7.22. The van der Waals surface area contributed by atoms with Gasteiger partial charge in [0.1, 0.15) is 29.7 Å². The maximum atomic E-state index is 14.4. The molecule has 40 heavy (non-hydrogen) atoms. The third-order valence-corrected chi connectivity index (χ3v) is 9.06. The number of nitrogens with one attached hydrogen (secondary N) is 1. The lowest BCUT2D eigenvalue weighted by Crippen LogP contribution is -2.56. The van der Waals surface area contributed by atoms with Crippen molar-refractivity contribution in [1.82, 2.24) is 25.2 Å². The molecule has 3 aliphatic heterocycles. The highest BCUT2D eigenvalue weighted by atomic mass is 16.6. The number of hydrogen-bond acceptors (Lipinski definition) is 8. The smallest absolute Gasteiger partial charge is 0.312 e. The number of aliphatic hydroxyl groups is 1. The third-order valence-electron chi connectivity index (χ3n) is 9.06. The normalized spacial score (nSPS) is 31.4. The van der Waals surface area contributed by atoms with Crippen LogP contribution in [0.2, 0.25) is 0 Å². The highest BCUT2D eigenvalue weighted by Gasteiger charge is 2.80. The maximum absolute atomic E-state index is 14.4. The Kier molecular flexibility index (Phi) is 6.38. The van der Waals surface area contributed by atoms with Crippen molar-refractivity contribution in [2.45, 2.75) is 57.1 Å². The zero-order valence-electron chi connectivity index (χ0n) is 22.7. The van der Waals surface area contributed by atoms with E-state index in [0.29, 0.717) is 17.5 Å². The summed E-state index contributed by atoms with van der Waals surface area (Å²) in [5, 5.41) is 21.8. The average molecular weight is 548 g/mol. The lowest BCUT2D eigenvalue weighted by molar-refractivity contribution is -0.162. The predicted octanol–water partition coefficient (Wildman–Crippen LogP) is 1.81. The highest BCUT2D eigenvalue weighted by molar-refractivity contribution is 5.98. The van der Waals surface area contributed by atoms with Gasteiger partial charge in [0.15, 0.2) is 0 Å². The number of esters is 1. The highest BCUT2D eigenvalue weighted by Crippen LogP contribution is 2.66. The first-order chi connectivity index (χ1) is 19.3. The second-order valence-corrected chi connectivity index (χ2v) is 11.1. The molecule has 2 aromatic carbocycles. The number of para-hydroxylation sites is 1. The number of amides is 2. The Morgan fingerprint density at radius 2 is 1.93 bits per heavy atom. The van der Waals surface area contributed by atoms with Crippen LogP contribution in [0.25, 0.3) is 11.0 Å². The van der Waals surface area contributed by atoms with Crippen LogP contribution < -0.4 is 5.32 Å². The summed E-state index contributed by atoms with van der Waals surface area (Å²) in [6.45, 7) is 5.30. The van der Waals surface area contributed by atoms with Crippen molar-refractivity contribution in [3.63, 3.8) is 0 Å². The Hall–Kier alpha value is -3.83. The van der Waals surface area contributed by atoms with Crippen LogP contribution in [0.5, 0.6) is 0 Å². The summed E-state index contributed by atoms with van der Waals surface area (Å²) >= 11 is 0. The molecule has 6 rings (SSSR count). The van der Waals surface area contributed by atoms with E-state index in [1.807, 2.05) is 68.4 Å². The second kappa shape index (κ2) is 9.67. The molecule has 11 heteroatoms. The van der Waals surface area contributed by atoms with E-state index < -0.39 is 59.5 Å². The number of carbonyl (C=O) groups is 3. The van der Waals surface area contributed by atoms with Crippen LogP contribution >= 0.6 is 0 Å². The number of hydrogen-bond donors (Lipinski definition) is 2. The molecule has 3 saturated heterocycles. The lowest BCUT2D eigenvalue weighted by atomic mass is 9.62. The van der Waals surface area contributed by atoms with E-state index in [-0.39, 0.29) is 19.2 Å². The van der Waals surface area contributed by atoms with Crippen LogP contribution in [0.15, 0.2) is 54.6 Å². The zero-order chi connectivity index (χ0) is 28.2. The molecule has 7 atom stereocenters. The van der Waals surface area contributed by atoms with Gasteiger partial charge in [-0.05, 0) is 43.9 Å². The SMILES string of the molecule is CCOC(=O)[C@H]1[C@H]2C(=O)N([C@H](CO)c3ccccc3)C(C(=O)NCn3nnc4ccccc43)C23CC(C)[C@]1(C)O3. The number of carbonyl (C=O) groups excluding carboxylic acids is 3. The van der Waals surface area contributed by atoms with E-state index in [1.54, 1.807) is 11.6 Å². The molecule has 3 fully saturated rings. The van der Waals surface area contributed by atoms with Gasteiger partial charge in [0.05, 0.1) is 36.3 Å². The summed E-state index contributed by atoms with van der Waals surface area (Å²) in [6.07, 6.45) is 0.406.